The molecule has 2 fully saturated rings. The van der Waals surface area contributed by atoms with Gasteiger partial charge in [-0.05, 0) is 82.1 Å². The summed E-state index contributed by atoms with van der Waals surface area (Å²) in [7, 11) is 1.86. The molecule has 12 nitrogen and oxygen atoms in total. The molecule has 0 saturated carbocycles. The van der Waals surface area contributed by atoms with Crippen molar-refractivity contribution in [2.24, 2.45) is 0 Å². The molecule has 2 aliphatic rings. The number of ether oxygens (including phenoxy) is 2. The molecule has 2 aromatic carbocycles. The van der Waals surface area contributed by atoms with E-state index in [1.54, 1.807) is 30.9 Å². The zero-order valence-corrected chi connectivity index (χ0v) is 39.7. The van der Waals surface area contributed by atoms with Crippen LogP contribution >= 0.6 is 31.9 Å². The summed E-state index contributed by atoms with van der Waals surface area (Å²) in [4.78, 5) is 33.4. The van der Waals surface area contributed by atoms with Crippen molar-refractivity contribution >= 4 is 88.1 Å². The third kappa shape index (κ3) is 9.61. The summed E-state index contributed by atoms with van der Waals surface area (Å²) < 4.78 is 71.2. The van der Waals surface area contributed by atoms with Gasteiger partial charge in [-0.1, -0.05) is 12.1 Å². The number of fused-ring (bicyclic) bond motifs is 2. The van der Waals surface area contributed by atoms with E-state index in [1.165, 1.54) is 12.1 Å². The van der Waals surface area contributed by atoms with E-state index in [4.69, 9.17) is 9.47 Å². The Kier molecular flexibility index (Phi) is 13.6. The molecule has 0 amide bonds. The first-order valence-electron chi connectivity index (χ1n) is 21.3. The van der Waals surface area contributed by atoms with Gasteiger partial charge < -0.3 is 29.5 Å². The van der Waals surface area contributed by atoms with Gasteiger partial charge in [0.2, 0.25) is 0 Å². The van der Waals surface area contributed by atoms with E-state index in [-0.39, 0.29) is 21.8 Å². The van der Waals surface area contributed by atoms with Crippen molar-refractivity contribution in [3.8, 4) is 22.8 Å². The first-order valence-corrected chi connectivity index (χ1v) is 22.9. The van der Waals surface area contributed by atoms with Crippen molar-refractivity contribution < 1.29 is 27.0 Å². The number of anilines is 6. The maximum absolute atomic E-state index is 15.3. The summed E-state index contributed by atoms with van der Waals surface area (Å²) in [5.74, 6) is -1.23. The summed E-state index contributed by atoms with van der Waals surface area (Å²) >= 11 is 7.01. The third-order valence-corrected chi connectivity index (χ3v) is 12.4. The second-order valence-electron chi connectivity index (χ2n) is 15.8. The Bertz CT molecular complexity index is 3110. The molecule has 67 heavy (non-hydrogen) atoms. The van der Waals surface area contributed by atoms with E-state index in [2.05, 4.69) is 76.9 Å². The molecule has 1 N–H and O–H groups in total. The summed E-state index contributed by atoms with van der Waals surface area (Å²) in [6, 6.07) is 19.1. The second-order valence-corrected chi connectivity index (χ2v) is 17.6. The summed E-state index contributed by atoms with van der Waals surface area (Å²) in [5.41, 5.74) is 6.75. The lowest BCUT2D eigenvalue weighted by Gasteiger charge is -2.33. The highest BCUT2D eigenvalue weighted by molar-refractivity contribution is 9.10. The van der Waals surface area contributed by atoms with Gasteiger partial charge in [0.15, 0.2) is 11.6 Å². The fourth-order valence-electron chi connectivity index (χ4n) is 8.37. The van der Waals surface area contributed by atoms with Crippen LogP contribution in [0.5, 0.6) is 0 Å². The first-order chi connectivity index (χ1) is 32.4. The molecular weight excluding hydrogens is 996 g/mol. The van der Waals surface area contributed by atoms with Crippen LogP contribution < -0.4 is 20.0 Å². The number of halogens is 6. The molecule has 0 aliphatic carbocycles. The topological polar surface area (TPSA) is 118 Å². The molecule has 342 valence electrons. The van der Waals surface area contributed by atoms with Crippen LogP contribution in [0.3, 0.4) is 0 Å². The fraction of sp³-hybridized carbons (Fsp3) is 0.224. The normalized spacial score (nSPS) is 14.0. The monoisotopic (exact) mass is 1040 g/mol. The van der Waals surface area contributed by atoms with E-state index in [1.807, 2.05) is 68.3 Å². The summed E-state index contributed by atoms with van der Waals surface area (Å²) in [6.45, 7) is 8.93. The Morgan fingerprint density at radius 2 is 1.12 bits per heavy atom. The van der Waals surface area contributed by atoms with Crippen LogP contribution in [-0.2, 0) is 9.47 Å². The number of aromatic nitrogens is 6. The van der Waals surface area contributed by atoms with Crippen LogP contribution in [-0.4, -0.2) is 89.6 Å². The molecule has 10 rings (SSSR count). The maximum atomic E-state index is 15.3. The highest BCUT2D eigenvalue weighted by atomic mass is 79.9. The van der Waals surface area contributed by atoms with Crippen LogP contribution in [0.15, 0.2) is 107 Å². The minimum absolute atomic E-state index is 0.206. The highest BCUT2D eigenvalue weighted by Gasteiger charge is 2.26. The van der Waals surface area contributed by atoms with Gasteiger partial charge in [-0.25, -0.2) is 37.5 Å². The average molecular weight is 1040 g/mol. The van der Waals surface area contributed by atoms with Crippen LogP contribution in [0.4, 0.5) is 51.9 Å². The molecule has 8 aromatic rings. The number of hydrogen-bond acceptors (Lipinski definition) is 12. The molecule has 2 saturated heterocycles. The summed E-state index contributed by atoms with van der Waals surface area (Å²) in [6.07, 6.45) is 6.80. The lowest BCUT2D eigenvalue weighted by Crippen LogP contribution is -2.37. The van der Waals surface area contributed by atoms with Crippen LogP contribution in [0.25, 0.3) is 44.6 Å². The van der Waals surface area contributed by atoms with Crippen molar-refractivity contribution in [2.75, 3.05) is 79.7 Å². The first kappa shape index (κ1) is 45.8. The zero-order valence-electron chi connectivity index (χ0n) is 36.5. The number of nitrogens with one attached hydrogen (secondary N) is 1. The quantitative estimate of drug-likeness (QED) is 0.146. The molecule has 6 aromatic heterocycles. The molecule has 0 radical (unpaired) electrons. The van der Waals surface area contributed by atoms with E-state index in [0.29, 0.717) is 98.0 Å². The van der Waals surface area contributed by atoms with Crippen LogP contribution in [0.2, 0.25) is 0 Å². The maximum Gasteiger partial charge on any atom is 0.152 e. The smallest absolute Gasteiger partial charge is 0.152 e. The largest absolute Gasteiger partial charge is 0.378 e. The summed E-state index contributed by atoms with van der Waals surface area (Å²) in [5, 5.41) is 3.84. The van der Waals surface area contributed by atoms with Crippen LogP contribution in [0, 0.1) is 37.1 Å². The molecule has 2 aliphatic heterocycles. The predicted octanol–water partition coefficient (Wildman–Crippen LogP) is 11.3. The number of hydrogen-bond donors (Lipinski definition) is 1. The minimum Gasteiger partial charge on any atom is -0.378 e. The Morgan fingerprint density at radius 3 is 1.69 bits per heavy atom. The number of nitrogens with zero attached hydrogens (tertiary/aromatic N) is 9. The number of pyridine rings is 6. The minimum atomic E-state index is -0.688. The fourth-order valence-corrected chi connectivity index (χ4v) is 9.02. The van der Waals surface area contributed by atoms with Crippen molar-refractivity contribution in [1.82, 2.24) is 29.9 Å². The second kappa shape index (κ2) is 19.9. The van der Waals surface area contributed by atoms with Gasteiger partial charge in [-0.2, -0.15) is 0 Å². The van der Waals surface area contributed by atoms with Crippen molar-refractivity contribution in [3.63, 3.8) is 0 Å². The Morgan fingerprint density at radius 1 is 0.612 bits per heavy atom. The zero-order chi connectivity index (χ0) is 46.8. The van der Waals surface area contributed by atoms with Gasteiger partial charge >= 0.3 is 0 Å². The average Bonchev–Trinajstić information content (AvgIpc) is 3.33. The number of rotatable bonds is 8. The van der Waals surface area contributed by atoms with Gasteiger partial charge in [0.25, 0.3) is 0 Å². The van der Waals surface area contributed by atoms with E-state index in [9.17, 15) is 8.78 Å². The molecule has 8 heterocycles. The lowest BCUT2D eigenvalue weighted by molar-refractivity contribution is 0.122. The predicted molar refractivity (Wildman–Crippen MR) is 261 cm³/mol. The van der Waals surface area contributed by atoms with Gasteiger partial charge in [-0.15, -0.1) is 0 Å². The molecular formula is C49H42Br2F4N10O2. The van der Waals surface area contributed by atoms with E-state index in [0.717, 1.165) is 44.0 Å². The molecule has 0 unspecified atom stereocenters. The van der Waals surface area contributed by atoms with E-state index < -0.39 is 23.3 Å². The Labute approximate surface area is 400 Å². The van der Waals surface area contributed by atoms with Crippen molar-refractivity contribution in [1.29, 1.82) is 0 Å². The lowest BCUT2D eigenvalue weighted by atomic mass is 10.0. The standard InChI is InChI=1S/C25H22BrF2N5O.C24H20BrF2N5O/c1-15-23(19-5-3-4-6-29-19)31-20-13-17(27)12-18(28)22(20)24(15)32(2)21-11-16(26)14-30-25(21)33-7-9-34-10-8-33;1-14-22(18-4-2-3-5-28-18)30-19-12-16(26)11-17(27)21(19)23(14)31-20-10-15(25)13-29-24(20)32-6-8-33-9-7-32/h3-6,11-14H,7-10H2,1-2H3;2-5,10-13H,6-9H2,1H3,(H,30,31). The molecule has 0 atom stereocenters. The van der Waals surface area contributed by atoms with Gasteiger partial charge in [0, 0.05) is 102 Å². The van der Waals surface area contributed by atoms with Gasteiger partial charge in [0.05, 0.1) is 93.8 Å². The molecule has 0 bridgehead atoms. The Hall–Kier alpha value is -6.34. The molecule has 18 heteroatoms. The van der Waals surface area contributed by atoms with Gasteiger partial charge in [0.1, 0.15) is 23.3 Å². The van der Waals surface area contributed by atoms with Gasteiger partial charge in [-0.3, -0.25) is 9.97 Å². The van der Waals surface area contributed by atoms with Crippen molar-refractivity contribution in [2.45, 2.75) is 13.8 Å². The van der Waals surface area contributed by atoms with Crippen molar-refractivity contribution in [3.05, 3.63) is 141 Å². The van der Waals surface area contributed by atoms with Crippen LogP contribution in [0.1, 0.15) is 11.1 Å². The SMILES string of the molecule is Cc1c(-c2ccccn2)nc2cc(F)cc(F)c2c1N(C)c1cc(Br)cnc1N1CCOCC1.Cc1c(-c2ccccn2)nc2cc(F)cc(F)c2c1Nc1cc(Br)cnc1N1CCOCC1. The van der Waals surface area contributed by atoms with E-state index >= 15 is 8.78 Å². The number of benzene rings is 2. The Balaban J connectivity index is 0.000000168. The highest BCUT2D eigenvalue weighted by Crippen LogP contribution is 2.43. The third-order valence-electron chi connectivity index (χ3n) is 11.5. The molecule has 0 spiro atoms. The number of morpholine rings is 2.